The maximum absolute atomic E-state index is 13.4. The van der Waals surface area contributed by atoms with Crippen LogP contribution in [-0.4, -0.2) is 37.7 Å². The number of amides is 2. The summed E-state index contributed by atoms with van der Waals surface area (Å²) in [5.41, 5.74) is 1.87. The van der Waals surface area contributed by atoms with Crippen molar-refractivity contribution in [3.8, 4) is 23.0 Å². The first kappa shape index (κ1) is 20.9. The van der Waals surface area contributed by atoms with E-state index >= 15 is 0 Å². The smallest absolute Gasteiger partial charge is 0.278 e. The number of fused-ring (bicyclic) bond motifs is 1. The Kier molecular flexibility index (Phi) is 5.39. The summed E-state index contributed by atoms with van der Waals surface area (Å²) in [6, 6.07) is 14.2. The average Bonchev–Trinajstić information content (AvgIpc) is 3.56. The van der Waals surface area contributed by atoms with Crippen molar-refractivity contribution in [2.24, 2.45) is 0 Å². The number of nitrogens with one attached hydrogen (secondary N) is 1. The molecule has 9 heteroatoms. The van der Waals surface area contributed by atoms with Gasteiger partial charge in [-0.1, -0.05) is 12.1 Å². The topological polar surface area (TPSA) is 86.3 Å². The molecule has 0 spiro atoms. The predicted octanol–water partition coefficient (Wildman–Crippen LogP) is 3.89. The summed E-state index contributed by atoms with van der Waals surface area (Å²) >= 11 is 1.40. The number of hydrogen-bond donors (Lipinski definition) is 1. The van der Waals surface area contributed by atoms with Crippen LogP contribution in [0.5, 0.6) is 23.0 Å². The maximum Gasteiger partial charge on any atom is 0.278 e. The van der Waals surface area contributed by atoms with Gasteiger partial charge in [-0.3, -0.25) is 14.5 Å². The van der Waals surface area contributed by atoms with Crippen molar-refractivity contribution in [3.63, 3.8) is 0 Å². The van der Waals surface area contributed by atoms with E-state index in [-0.39, 0.29) is 24.9 Å². The standard InChI is InChI=1S/C24H20N2O6S/c1-29-16-9-15(10-17(11-16)30-2)25-22-21(20-4-3-7-33-20)23(27)26(24(22)28)12-14-5-6-18-19(8-14)32-13-31-18/h3-11,25H,12-13H2,1-2H3. The first-order chi connectivity index (χ1) is 16.1. The third kappa shape index (κ3) is 3.87. The molecule has 1 aromatic heterocycles. The summed E-state index contributed by atoms with van der Waals surface area (Å²) in [4.78, 5) is 28.8. The number of hydrogen-bond acceptors (Lipinski definition) is 8. The van der Waals surface area contributed by atoms with Crippen LogP contribution in [0.15, 0.2) is 59.6 Å². The highest BCUT2D eigenvalue weighted by Crippen LogP contribution is 2.37. The van der Waals surface area contributed by atoms with Gasteiger partial charge < -0.3 is 24.3 Å². The van der Waals surface area contributed by atoms with Crippen LogP contribution >= 0.6 is 11.3 Å². The number of rotatable bonds is 7. The number of thiophene rings is 1. The van der Waals surface area contributed by atoms with Crippen LogP contribution in [0.2, 0.25) is 0 Å². The van der Waals surface area contributed by atoms with E-state index in [4.69, 9.17) is 18.9 Å². The van der Waals surface area contributed by atoms with Gasteiger partial charge in [0.2, 0.25) is 6.79 Å². The molecule has 0 bridgehead atoms. The molecule has 0 atom stereocenters. The number of anilines is 1. The minimum Gasteiger partial charge on any atom is -0.497 e. The van der Waals surface area contributed by atoms with Crippen LogP contribution in [0.3, 0.4) is 0 Å². The van der Waals surface area contributed by atoms with Crippen molar-refractivity contribution in [1.29, 1.82) is 0 Å². The second-order valence-electron chi connectivity index (χ2n) is 7.34. The van der Waals surface area contributed by atoms with Gasteiger partial charge in [-0.2, -0.15) is 0 Å². The SMILES string of the molecule is COc1cc(NC2=C(c3cccs3)C(=O)N(Cc3ccc4c(c3)OCO4)C2=O)cc(OC)c1. The Balaban J connectivity index is 1.49. The van der Waals surface area contributed by atoms with E-state index in [9.17, 15) is 9.59 Å². The van der Waals surface area contributed by atoms with Crippen molar-refractivity contribution in [2.45, 2.75) is 6.54 Å². The third-order valence-corrected chi connectivity index (χ3v) is 6.22. The molecule has 5 rings (SSSR count). The van der Waals surface area contributed by atoms with Crippen LogP contribution in [0.4, 0.5) is 5.69 Å². The van der Waals surface area contributed by atoms with Crippen molar-refractivity contribution in [2.75, 3.05) is 26.3 Å². The Morgan fingerprint density at radius 2 is 1.73 bits per heavy atom. The summed E-state index contributed by atoms with van der Waals surface area (Å²) in [7, 11) is 3.10. The minimum atomic E-state index is -0.414. The molecular weight excluding hydrogens is 444 g/mol. The Labute approximate surface area is 193 Å². The van der Waals surface area contributed by atoms with Gasteiger partial charge in [0.25, 0.3) is 11.8 Å². The van der Waals surface area contributed by atoms with Gasteiger partial charge in [0.1, 0.15) is 17.2 Å². The first-order valence-corrected chi connectivity index (χ1v) is 11.0. The molecule has 0 aliphatic carbocycles. The molecule has 3 aromatic rings. The van der Waals surface area contributed by atoms with E-state index < -0.39 is 5.91 Å². The fraction of sp³-hybridized carbons (Fsp3) is 0.167. The van der Waals surface area contributed by atoms with E-state index in [1.165, 1.54) is 16.2 Å². The number of benzene rings is 2. The van der Waals surface area contributed by atoms with Crippen LogP contribution in [0.25, 0.3) is 5.57 Å². The number of nitrogens with zero attached hydrogens (tertiary/aromatic N) is 1. The number of ether oxygens (including phenoxy) is 4. The molecule has 2 aromatic carbocycles. The van der Waals surface area contributed by atoms with Crippen molar-refractivity contribution >= 4 is 34.4 Å². The summed E-state index contributed by atoms with van der Waals surface area (Å²) in [5.74, 6) is 1.58. The summed E-state index contributed by atoms with van der Waals surface area (Å²) < 4.78 is 21.4. The molecule has 2 aliphatic heterocycles. The highest BCUT2D eigenvalue weighted by atomic mass is 32.1. The van der Waals surface area contributed by atoms with Gasteiger partial charge in [0.05, 0.1) is 26.3 Å². The molecule has 8 nitrogen and oxygen atoms in total. The zero-order valence-electron chi connectivity index (χ0n) is 17.9. The van der Waals surface area contributed by atoms with Crippen molar-refractivity contribution < 1.29 is 28.5 Å². The maximum atomic E-state index is 13.4. The lowest BCUT2D eigenvalue weighted by Crippen LogP contribution is -2.31. The largest absolute Gasteiger partial charge is 0.497 e. The lowest BCUT2D eigenvalue weighted by molar-refractivity contribution is -0.137. The fourth-order valence-corrected chi connectivity index (χ4v) is 4.50. The monoisotopic (exact) mass is 464 g/mol. The van der Waals surface area contributed by atoms with Gasteiger partial charge in [-0.15, -0.1) is 11.3 Å². The molecule has 0 unspecified atom stereocenters. The van der Waals surface area contributed by atoms with E-state index in [1.54, 1.807) is 44.6 Å². The molecule has 2 amide bonds. The van der Waals surface area contributed by atoms with Gasteiger partial charge >= 0.3 is 0 Å². The van der Waals surface area contributed by atoms with E-state index in [1.807, 2.05) is 23.6 Å². The Morgan fingerprint density at radius 3 is 2.42 bits per heavy atom. The van der Waals surface area contributed by atoms with E-state index in [0.717, 1.165) is 5.56 Å². The van der Waals surface area contributed by atoms with Crippen LogP contribution in [0.1, 0.15) is 10.4 Å². The lowest BCUT2D eigenvalue weighted by Gasteiger charge is -2.16. The quantitative estimate of drug-likeness (QED) is 0.531. The normalized spacial score (nSPS) is 14.8. The highest BCUT2D eigenvalue weighted by molar-refractivity contribution is 7.11. The van der Waals surface area contributed by atoms with Crippen LogP contribution in [-0.2, 0) is 16.1 Å². The molecule has 33 heavy (non-hydrogen) atoms. The van der Waals surface area contributed by atoms with Gasteiger partial charge in [-0.25, -0.2) is 0 Å². The molecule has 0 radical (unpaired) electrons. The number of imide groups is 1. The second kappa shape index (κ2) is 8.51. The zero-order chi connectivity index (χ0) is 22.9. The summed E-state index contributed by atoms with van der Waals surface area (Å²) in [6.45, 7) is 0.262. The molecule has 0 fully saturated rings. The molecule has 1 N–H and O–H groups in total. The number of carbonyl (C=O) groups is 2. The Hall–Kier alpha value is -3.98. The third-order valence-electron chi connectivity index (χ3n) is 5.33. The van der Waals surface area contributed by atoms with Crippen LogP contribution in [0, 0.1) is 0 Å². The zero-order valence-corrected chi connectivity index (χ0v) is 18.7. The van der Waals surface area contributed by atoms with Gasteiger partial charge in [-0.05, 0) is 29.1 Å². The first-order valence-electron chi connectivity index (χ1n) is 10.1. The molecular formula is C24H20N2O6S. The van der Waals surface area contributed by atoms with Crippen LogP contribution < -0.4 is 24.3 Å². The van der Waals surface area contributed by atoms with Crippen molar-refractivity contribution in [3.05, 3.63) is 70.0 Å². The molecule has 2 aliphatic rings. The fourth-order valence-electron chi connectivity index (χ4n) is 3.73. The van der Waals surface area contributed by atoms with Crippen molar-refractivity contribution in [1.82, 2.24) is 4.90 Å². The molecule has 3 heterocycles. The van der Waals surface area contributed by atoms with Gasteiger partial charge in [0.15, 0.2) is 11.5 Å². The molecule has 168 valence electrons. The number of carbonyl (C=O) groups excluding carboxylic acids is 2. The molecule has 0 saturated heterocycles. The highest BCUT2D eigenvalue weighted by Gasteiger charge is 2.40. The minimum absolute atomic E-state index is 0.107. The van der Waals surface area contributed by atoms with E-state index in [2.05, 4.69) is 5.32 Å². The van der Waals surface area contributed by atoms with E-state index in [0.29, 0.717) is 39.1 Å². The predicted molar refractivity (Wildman–Crippen MR) is 123 cm³/mol. The second-order valence-corrected chi connectivity index (χ2v) is 8.29. The molecule has 0 saturated carbocycles. The number of methoxy groups -OCH3 is 2. The summed E-state index contributed by atoms with van der Waals surface area (Å²) in [6.07, 6.45) is 0. The Bertz CT molecular complexity index is 1250. The average molecular weight is 464 g/mol. The Morgan fingerprint density at radius 1 is 0.970 bits per heavy atom. The van der Waals surface area contributed by atoms with Gasteiger partial charge in [0, 0.05) is 28.8 Å². The summed E-state index contributed by atoms with van der Waals surface area (Å²) in [5, 5.41) is 5.00. The lowest BCUT2D eigenvalue weighted by atomic mass is 10.1.